The molecule has 3 heterocycles. The van der Waals surface area contributed by atoms with Crippen molar-refractivity contribution in [2.45, 2.75) is 69.3 Å². The van der Waals surface area contributed by atoms with Crippen LogP contribution in [0.4, 0.5) is 10.3 Å². The number of fused-ring (bicyclic) bond motifs is 1. The highest BCUT2D eigenvalue weighted by molar-refractivity contribution is 8.01. The molecule has 33 heavy (non-hydrogen) atoms. The monoisotopic (exact) mass is 467 g/mol. The number of likely N-dealkylation sites (tertiary alicyclic amines) is 1. The second-order valence-corrected chi connectivity index (χ2v) is 10.8. The van der Waals surface area contributed by atoms with E-state index in [1.807, 2.05) is 13.0 Å². The lowest BCUT2D eigenvalue weighted by atomic mass is 10.0. The third-order valence-corrected chi connectivity index (χ3v) is 7.95. The minimum Gasteiger partial charge on any atom is -0.489 e. The maximum Gasteiger partial charge on any atom is 0.239 e. The molecule has 3 aromatic rings. The molecule has 1 aliphatic heterocycles. The smallest absolute Gasteiger partial charge is 0.239 e. The molecule has 0 radical (unpaired) electrons. The van der Waals surface area contributed by atoms with E-state index in [2.05, 4.69) is 36.5 Å². The van der Waals surface area contributed by atoms with Crippen LogP contribution in [0.25, 0.3) is 5.65 Å². The van der Waals surface area contributed by atoms with E-state index in [-0.39, 0.29) is 11.9 Å². The van der Waals surface area contributed by atoms with E-state index in [1.165, 1.54) is 36.8 Å². The molecule has 174 valence electrons. The van der Waals surface area contributed by atoms with Crippen LogP contribution in [0.5, 0.6) is 5.75 Å². The molecule has 0 spiro atoms. The normalized spacial score (nSPS) is 21.5. The van der Waals surface area contributed by atoms with Gasteiger partial charge in [-0.15, -0.1) is 10.2 Å². The van der Waals surface area contributed by atoms with Crippen molar-refractivity contribution in [3.05, 3.63) is 53.0 Å². The molecule has 6 rings (SSSR count). The van der Waals surface area contributed by atoms with Gasteiger partial charge >= 0.3 is 0 Å². The van der Waals surface area contributed by atoms with Gasteiger partial charge in [0.1, 0.15) is 17.7 Å². The molecule has 0 amide bonds. The topological polar surface area (TPSA) is 54.7 Å². The van der Waals surface area contributed by atoms with Gasteiger partial charge in [-0.2, -0.15) is 0 Å². The molecule has 1 atom stereocenters. The summed E-state index contributed by atoms with van der Waals surface area (Å²) in [7, 11) is 0. The standard InChI is InChI=1S/C25H30FN5OS/c1-16-11-19(26)7-6-18(16)13-30-10-2-3-20(14-30)32-23-12-24-27-28-25(29-33-21-8-9-21)31(24)15-22(23)17-4-5-17/h6-7,11-12,15,17,20-21H,2-5,8-10,13-14H2,1H3,(H,28,29). The average Bonchev–Trinajstić information content (AvgIpc) is 3.73. The second kappa shape index (κ2) is 8.80. The summed E-state index contributed by atoms with van der Waals surface area (Å²) in [4.78, 5) is 2.43. The SMILES string of the molecule is Cc1cc(F)ccc1CN1CCCC(Oc2cc3nnc(NSC4CC4)n3cc2C2CC2)C1. The van der Waals surface area contributed by atoms with Gasteiger partial charge in [0.25, 0.3) is 0 Å². The number of ether oxygens (including phenoxy) is 1. The van der Waals surface area contributed by atoms with Gasteiger partial charge in [0.05, 0.1) is 0 Å². The highest BCUT2D eigenvalue weighted by Gasteiger charge is 2.31. The number of nitrogens with zero attached hydrogens (tertiary/aromatic N) is 4. The third-order valence-electron chi connectivity index (χ3n) is 6.85. The van der Waals surface area contributed by atoms with Crippen LogP contribution in [0.3, 0.4) is 0 Å². The van der Waals surface area contributed by atoms with Gasteiger partial charge < -0.3 is 4.74 Å². The van der Waals surface area contributed by atoms with Gasteiger partial charge in [0, 0.05) is 36.2 Å². The number of hydrogen-bond acceptors (Lipinski definition) is 6. The summed E-state index contributed by atoms with van der Waals surface area (Å²) in [6, 6.07) is 7.15. The first-order valence-electron chi connectivity index (χ1n) is 12.1. The molecule has 1 saturated heterocycles. The van der Waals surface area contributed by atoms with Crippen LogP contribution in [-0.2, 0) is 6.54 Å². The van der Waals surface area contributed by atoms with Crippen molar-refractivity contribution >= 4 is 23.5 Å². The van der Waals surface area contributed by atoms with Crippen LogP contribution in [-0.4, -0.2) is 43.9 Å². The zero-order chi connectivity index (χ0) is 22.4. The summed E-state index contributed by atoms with van der Waals surface area (Å²) in [6.07, 6.45) is 9.45. The lowest BCUT2D eigenvalue weighted by Crippen LogP contribution is -2.40. The van der Waals surface area contributed by atoms with E-state index in [0.717, 1.165) is 55.4 Å². The summed E-state index contributed by atoms with van der Waals surface area (Å²) >= 11 is 1.75. The van der Waals surface area contributed by atoms with E-state index in [9.17, 15) is 4.39 Å². The Kier molecular flexibility index (Phi) is 5.66. The minimum absolute atomic E-state index is 0.144. The van der Waals surface area contributed by atoms with Crippen molar-refractivity contribution in [1.29, 1.82) is 0 Å². The van der Waals surface area contributed by atoms with E-state index in [4.69, 9.17) is 4.74 Å². The zero-order valence-electron chi connectivity index (χ0n) is 19.0. The summed E-state index contributed by atoms with van der Waals surface area (Å²) < 4.78 is 25.6. The quantitative estimate of drug-likeness (QED) is 0.453. The summed E-state index contributed by atoms with van der Waals surface area (Å²) in [5.74, 6) is 2.16. The van der Waals surface area contributed by atoms with E-state index in [0.29, 0.717) is 11.2 Å². The minimum atomic E-state index is -0.169. The molecule has 2 aliphatic carbocycles. The summed E-state index contributed by atoms with van der Waals surface area (Å²) in [6.45, 7) is 4.74. The maximum absolute atomic E-state index is 13.5. The molecule has 3 fully saturated rings. The number of piperidine rings is 1. The van der Waals surface area contributed by atoms with Crippen LogP contribution >= 0.6 is 11.9 Å². The number of benzene rings is 1. The average molecular weight is 468 g/mol. The molecule has 2 aromatic heterocycles. The van der Waals surface area contributed by atoms with Crippen LogP contribution in [0.15, 0.2) is 30.5 Å². The molecule has 0 bridgehead atoms. The first-order chi connectivity index (χ1) is 16.1. The largest absolute Gasteiger partial charge is 0.489 e. The van der Waals surface area contributed by atoms with E-state index in [1.54, 1.807) is 24.1 Å². The number of aryl methyl sites for hydroxylation is 1. The Morgan fingerprint density at radius 1 is 1.15 bits per heavy atom. The van der Waals surface area contributed by atoms with Crippen molar-refractivity contribution in [3.63, 3.8) is 0 Å². The van der Waals surface area contributed by atoms with Gasteiger partial charge in [0.2, 0.25) is 5.95 Å². The lowest BCUT2D eigenvalue weighted by Gasteiger charge is -2.33. The van der Waals surface area contributed by atoms with Crippen molar-refractivity contribution in [2.24, 2.45) is 0 Å². The van der Waals surface area contributed by atoms with Gasteiger partial charge in [-0.1, -0.05) is 6.07 Å². The Morgan fingerprint density at radius 2 is 2.03 bits per heavy atom. The van der Waals surface area contributed by atoms with E-state index >= 15 is 0 Å². The molecule has 2 saturated carbocycles. The number of anilines is 1. The fraction of sp³-hybridized carbons (Fsp3) is 0.520. The van der Waals surface area contributed by atoms with Gasteiger partial charge in [-0.3, -0.25) is 14.0 Å². The lowest BCUT2D eigenvalue weighted by molar-refractivity contribution is 0.0834. The zero-order valence-corrected chi connectivity index (χ0v) is 19.8. The van der Waals surface area contributed by atoms with Gasteiger partial charge in [-0.05, 0) is 93.1 Å². The molecule has 1 aromatic carbocycles. The number of pyridine rings is 1. The number of aromatic nitrogens is 3. The summed E-state index contributed by atoms with van der Waals surface area (Å²) in [5, 5.41) is 9.47. The highest BCUT2D eigenvalue weighted by Crippen LogP contribution is 2.45. The first-order valence-corrected chi connectivity index (χ1v) is 12.9. The molecule has 6 nitrogen and oxygen atoms in total. The molecular formula is C25H30FN5OS. The van der Waals surface area contributed by atoms with Gasteiger partial charge in [-0.25, -0.2) is 4.39 Å². The van der Waals surface area contributed by atoms with Crippen molar-refractivity contribution < 1.29 is 9.13 Å². The van der Waals surface area contributed by atoms with Crippen molar-refractivity contribution in [3.8, 4) is 5.75 Å². The van der Waals surface area contributed by atoms with Crippen LogP contribution in [0.1, 0.15) is 61.1 Å². The molecule has 3 aliphatic rings. The fourth-order valence-corrected chi connectivity index (χ4v) is 5.42. The third kappa shape index (κ3) is 4.82. The van der Waals surface area contributed by atoms with Gasteiger partial charge in [0.15, 0.2) is 5.65 Å². The number of hydrogen-bond donors (Lipinski definition) is 1. The predicted molar refractivity (Wildman–Crippen MR) is 129 cm³/mol. The Morgan fingerprint density at radius 3 is 2.82 bits per heavy atom. The Balaban J connectivity index is 1.18. The first kappa shape index (κ1) is 21.2. The van der Waals surface area contributed by atoms with Crippen LogP contribution in [0.2, 0.25) is 0 Å². The van der Waals surface area contributed by atoms with E-state index < -0.39 is 0 Å². The predicted octanol–water partition coefficient (Wildman–Crippen LogP) is 5.32. The fourth-order valence-electron chi connectivity index (χ4n) is 4.64. The molecule has 8 heteroatoms. The summed E-state index contributed by atoms with van der Waals surface area (Å²) in [5.41, 5.74) is 4.29. The Labute approximate surface area is 198 Å². The number of halogens is 1. The molecule has 1 unspecified atom stereocenters. The Hall–Kier alpha value is -2.32. The number of rotatable bonds is 8. The van der Waals surface area contributed by atoms with Crippen LogP contribution in [0, 0.1) is 12.7 Å². The van der Waals surface area contributed by atoms with Crippen LogP contribution < -0.4 is 9.46 Å². The Bertz CT molecular complexity index is 1160. The van der Waals surface area contributed by atoms with Crippen molar-refractivity contribution in [2.75, 3.05) is 17.8 Å². The second-order valence-electron chi connectivity index (χ2n) is 9.73. The van der Waals surface area contributed by atoms with Crippen molar-refractivity contribution in [1.82, 2.24) is 19.5 Å². The molecular weight excluding hydrogens is 437 g/mol. The maximum atomic E-state index is 13.5. The number of nitrogens with one attached hydrogen (secondary N) is 1. The highest BCUT2D eigenvalue weighted by atomic mass is 32.2. The molecule has 1 N–H and O–H groups in total.